The molecule has 0 saturated carbocycles. The summed E-state index contributed by atoms with van der Waals surface area (Å²) in [6.45, 7) is 12.3. The minimum Gasteiger partial charge on any atom is -0.368 e. The van der Waals surface area contributed by atoms with Gasteiger partial charge in [0.1, 0.15) is 5.60 Å². The largest absolute Gasteiger partial charge is 0.368 e. The molecule has 17 heavy (non-hydrogen) atoms. The molecule has 0 unspecified atom stereocenters. The van der Waals surface area contributed by atoms with Crippen molar-refractivity contribution in [2.45, 2.75) is 46.8 Å². The quantitative estimate of drug-likeness (QED) is 0.792. The normalized spacial score (nSPS) is 12.4. The van der Waals surface area contributed by atoms with Crippen LogP contribution in [0.25, 0.3) is 0 Å². The predicted molar refractivity (Wildman–Crippen MR) is 65.5 cm³/mol. The smallest absolute Gasteiger partial charge is 0.240 e. The lowest BCUT2D eigenvalue weighted by atomic mass is 10.1. The second-order valence-corrected chi connectivity index (χ2v) is 4.98. The summed E-state index contributed by atoms with van der Waals surface area (Å²) in [5, 5.41) is 7.21. The second-order valence-electron chi connectivity index (χ2n) is 4.98. The van der Waals surface area contributed by atoms with Crippen LogP contribution in [0.15, 0.2) is 4.52 Å². The fraction of sp³-hybridized carbons (Fsp3) is 0.833. The summed E-state index contributed by atoms with van der Waals surface area (Å²) in [6.07, 6.45) is 0. The van der Waals surface area contributed by atoms with Gasteiger partial charge >= 0.3 is 0 Å². The number of nitrogens with one attached hydrogen (secondary N) is 1. The SMILES string of the molecule is CCOC(C)(C)c1noc(CNCC(C)C)n1. The molecule has 0 bridgehead atoms. The summed E-state index contributed by atoms with van der Waals surface area (Å²) >= 11 is 0. The first-order chi connectivity index (χ1) is 7.95. The highest BCUT2D eigenvalue weighted by Gasteiger charge is 2.26. The number of rotatable bonds is 7. The zero-order valence-corrected chi connectivity index (χ0v) is 11.4. The van der Waals surface area contributed by atoms with E-state index in [4.69, 9.17) is 9.26 Å². The first-order valence-electron chi connectivity index (χ1n) is 6.13. The summed E-state index contributed by atoms with van der Waals surface area (Å²) in [6, 6.07) is 0. The van der Waals surface area contributed by atoms with Gasteiger partial charge in [0.15, 0.2) is 0 Å². The molecule has 98 valence electrons. The van der Waals surface area contributed by atoms with E-state index in [1.165, 1.54) is 0 Å². The van der Waals surface area contributed by atoms with Crippen LogP contribution in [0.3, 0.4) is 0 Å². The third-order valence-corrected chi connectivity index (χ3v) is 2.34. The lowest BCUT2D eigenvalue weighted by Gasteiger charge is -2.19. The Labute approximate surface area is 103 Å². The molecule has 1 N–H and O–H groups in total. The van der Waals surface area contributed by atoms with Gasteiger partial charge in [0.2, 0.25) is 11.7 Å². The van der Waals surface area contributed by atoms with Crippen molar-refractivity contribution in [2.75, 3.05) is 13.2 Å². The van der Waals surface area contributed by atoms with E-state index in [1.54, 1.807) is 0 Å². The van der Waals surface area contributed by atoms with Gasteiger partial charge in [-0.25, -0.2) is 0 Å². The van der Waals surface area contributed by atoms with E-state index in [1.807, 2.05) is 20.8 Å². The lowest BCUT2D eigenvalue weighted by Crippen LogP contribution is -2.23. The van der Waals surface area contributed by atoms with Crippen LogP contribution in [0.1, 0.15) is 46.3 Å². The lowest BCUT2D eigenvalue weighted by molar-refractivity contribution is -0.0221. The minimum absolute atomic E-state index is 0.492. The zero-order chi connectivity index (χ0) is 12.9. The Morgan fingerprint density at radius 2 is 2.12 bits per heavy atom. The van der Waals surface area contributed by atoms with Gasteiger partial charge in [-0.2, -0.15) is 4.98 Å². The number of hydrogen-bond acceptors (Lipinski definition) is 5. The molecule has 0 fully saturated rings. The molecule has 5 heteroatoms. The first-order valence-corrected chi connectivity index (χ1v) is 6.13. The van der Waals surface area contributed by atoms with Crippen molar-refractivity contribution in [3.8, 4) is 0 Å². The standard InChI is InChI=1S/C12H23N3O2/c1-6-16-12(4,5)11-14-10(17-15-11)8-13-7-9(2)3/h9,13H,6-8H2,1-5H3. The van der Waals surface area contributed by atoms with Crippen molar-refractivity contribution in [1.29, 1.82) is 0 Å². The van der Waals surface area contributed by atoms with E-state index in [-0.39, 0.29) is 0 Å². The zero-order valence-electron chi connectivity index (χ0n) is 11.4. The Morgan fingerprint density at radius 1 is 1.41 bits per heavy atom. The number of hydrogen-bond donors (Lipinski definition) is 1. The summed E-state index contributed by atoms with van der Waals surface area (Å²) in [5.74, 6) is 1.81. The van der Waals surface area contributed by atoms with E-state index >= 15 is 0 Å². The van der Waals surface area contributed by atoms with Gasteiger partial charge < -0.3 is 14.6 Å². The maximum atomic E-state index is 5.57. The summed E-state index contributed by atoms with van der Waals surface area (Å²) in [4.78, 5) is 4.33. The van der Waals surface area contributed by atoms with Crippen LogP contribution in [0, 0.1) is 5.92 Å². The van der Waals surface area contributed by atoms with Crippen molar-refractivity contribution in [1.82, 2.24) is 15.5 Å². The molecule has 0 aliphatic rings. The first kappa shape index (κ1) is 14.1. The topological polar surface area (TPSA) is 60.2 Å². The number of aromatic nitrogens is 2. The van der Waals surface area contributed by atoms with Crippen LogP contribution in [0.2, 0.25) is 0 Å². The fourth-order valence-electron chi connectivity index (χ4n) is 1.46. The van der Waals surface area contributed by atoms with Gasteiger partial charge in [0, 0.05) is 6.61 Å². The molecule has 1 heterocycles. The molecule has 0 amide bonds. The fourth-order valence-corrected chi connectivity index (χ4v) is 1.46. The number of nitrogens with zero attached hydrogens (tertiary/aromatic N) is 2. The van der Waals surface area contributed by atoms with Crippen LogP contribution >= 0.6 is 0 Å². The van der Waals surface area contributed by atoms with Gasteiger partial charge in [0.25, 0.3) is 0 Å². The average Bonchev–Trinajstić information content (AvgIpc) is 2.66. The molecular weight excluding hydrogens is 218 g/mol. The third kappa shape index (κ3) is 4.44. The van der Waals surface area contributed by atoms with Crippen LogP contribution in [-0.2, 0) is 16.9 Å². The van der Waals surface area contributed by atoms with Crippen molar-refractivity contribution in [3.63, 3.8) is 0 Å². The van der Waals surface area contributed by atoms with E-state index in [0.29, 0.717) is 30.8 Å². The molecule has 5 nitrogen and oxygen atoms in total. The predicted octanol–water partition coefficient (Wildman–Crippen LogP) is 2.09. The van der Waals surface area contributed by atoms with Gasteiger partial charge in [-0.1, -0.05) is 19.0 Å². The van der Waals surface area contributed by atoms with Crippen molar-refractivity contribution < 1.29 is 9.26 Å². The third-order valence-electron chi connectivity index (χ3n) is 2.34. The van der Waals surface area contributed by atoms with Crippen LogP contribution in [0.5, 0.6) is 0 Å². The summed E-state index contributed by atoms with van der Waals surface area (Å²) < 4.78 is 10.7. The van der Waals surface area contributed by atoms with E-state index in [9.17, 15) is 0 Å². The molecule has 0 aromatic carbocycles. The molecule has 0 aliphatic heterocycles. The summed E-state index contributed by atoms with van der Waals surface area (Å²) in [5.41, 5.74) is -0.492. The molecule has 1 rings (SSSR count). The highest BCUT2D eigenvalue weighted by atomic mass is 16.5. The van der Waals surface area contributed by atoms with Gasteiger partial charge in [-0.3, -0.25) is 0 Å². The average molecular weight is 241 g/mol. The van der Waals surface area contributed by atoms with Gasteiger partial charge in [-0.05, 0) is 33.2 Å². The summed E-state index contributed by atoms with van der Waals surface area (Å²) in [7, 11) is 0. The molecule has 0 spiro atoms. The molecule has 0 radical (unpaired) electrons. The molecule has 0 saturated heterocycles. The maximum absolute atomic E-state index is 5.57. The van der Waals surface area contributed by atoms with Crippen molar-refractivity contribution >= 4 is 0 Å². The van der Waals surface area contributed by atoms with E-state index in [2.05, 4.69) is 29.3 Å². The second kappa shape index (κ2) is 6.12. The van der Waals surface area contributed by atoms with Crippen LogP contribution in [-0.4, -0.2) is 23.3 Å². The van der Waals surface area contributed by atoms with Gasteiger partial charge in [-0.15, -0.1) is 0 Å². The van der Waals surface area contributed by atoms with Crippen molar-refractivity contribution in [3.05, 3.63) is 11.7 Å². The Balaban J connectivity index is 2.53. The monoisotopic (exact) mass is 241 g/mol. The Hall–Kier alpha value is -0.940. The molecule has 0 aliphatic carbocycles. The Bertz CT molecular complexity index is 334. The molecule has 0 atom stereocenters. The Kier molecular flexibility index (Phi) is 5.08. The highest BCUT2D eigenvalue weighted by molar-refractivity contribution is 4.97. The highest BCUT2D eigenvalue weighted by Crippen LogP contribution is 2.21. The molecular formula is C12H23N3O2. The van der Waals surface area contributed by atoms with Crippen LogP contribution in [0.4, 0.5) is 0 Å². The maximum Gasteiger partial charge on any atom is 0.240 e. The van der Waals surface area contributed by atoms with Crippen LogP contribution < -0.4 is 5.32 Å². The molecule has 1 aromatic heterocycles. The molecule has 1 aromatic rings. The van der Waals surface area contributed by atoms with E-state index < -0.39 is 5.60 Å². The van der Waals surface area contributed by atoms with Crippen molar-refractivity contribution in [2.24, 2.45) is 5.92 Å². The van der Waals surface area contributed by atoms with E-state index in [0.717, 1.165) is 6.54 Å². The Morgan fingerprint density at radius 3 is 2.71 bits per heavy atom. The number of ether oxygens (including phenoxy) is 1. The minimum atomic E-state index is -0.492. The van der Waals surface area contributed by atoms with Gasteiger partial charge in [0.05, 0.1) is 6.54 Å².